The van der Waals surface area contributed by atoms with Gasteiger partial charge in [-0.25, -0.2) is 4.79 Å². The maximum atomic E-state index is 13.1. The Hall–Kier alpha value is -3.08. The number of fused-ring (bicyclic) bond motifs is 3. The maximum Gasteiger partial charge on any atom is 0.339 e. The summed E-state index contributed by atoms with van der Waals surface area (Å²) in [5, 5.41) is 1.11. The lowest BCUT2D eigenvalue weighted by Crippen LogP contribution is -2.49. The lowest BCUT2D eigenvalue weighted by atomic mass is 9.85. The quantitative estimate of drug-likeness (QED) is 0.646. The summed E-state index contributed by atoms with van der Waals surface area (Å²) in [7, 11) is 2.00. The Bertz CT molecular complexity index is 1100. The Balaban J connectivity index is 1.41. The number of ether oxygens (including phenoxy) is 1. The molecule has 1 fully saturated rings. The molecule has 1 amide bonds. The molecule has 3 heterocycles. The molecule has 0 radical (unpaired) electrons. The molecule has 0 saturated carbocycles. The molecule has 1 unspecified atom stereocenters. The fourth-order valence-electron chi connectivity index (χ4n) is 4.72. The topological polar surface area (TPSA) is 51.5 Å². The Kier molecular flexibility index (Phi) is 3.79. The highest BCUT2D eigenvalue weighted by Crippen LogP contribution is 2.42. The van der Waals surface area contributed by atoms with Crippen molar-refractivity contribution in [3.05, 3.63) is 71.4 Å². The molecule has 28 heavy (non-hydrogen) atoms. The van der Waals surface area contributed by atoms with Crippen LogP contribution >= 0.6 is 0 Å². The van der Waals surface area contributed by atoms with Crippen LogP contribution < -0.4 is 0 Å². The first kappa shape index (κ1) is 17.0. The van der Waals surface area contributed by atoms with Gasteiger partial charge in [0.15, 0.2) is 5.60 Å². The van der Waals surface area contributed by atoms with E-state index >= 15 is 0 Å². The second kappa shape index (κ2) is 6.23. The number of hydrogen-bond acceptors (Lipinski definition) is 3. The van der Waals surface area contributed by atoms with Gasteiger partial charge in [0.1, 0.15) is 0 Å². The summed E-state index contributed by atoms with van der Waals surface area (Å²) in [4.78, 5) is 27.3. The number of para-hydroxylation sites is 1. The van der Waals surface area contributed by atoms with Crippen molar-refractivity contribution in [1.29, 1.82) is 0 Å². The maximum absolute atomic E-state index is 13.1. The van der Waals surface area contributed by atoms with Crippen molar-refractivity contribution in [2.75, 3.05) is 13.1 Å². The minimum absolute atomic E-state index is 0.0795. The lowest BCUT2D eigenvalue weighted by Gasteiger charge is -2.39. The van der Waals surface area contributed by atoms with E-state index in [1.165, 1.54) is 0 Å². The van der Waals surface area contributed by atoms with Crippen LogP contribution in [0.4, 0.5) is 0 Å². The summed E-state index contributed by atoms with van der Waals surface area (Å²) in [6.45, 7) is 1.13. The molecule has 3 aromatic rings. The van der Waals surface area contributed by atoms with Gasteiger partial charge in [-0.3, -0.25) is 4.79 Å². The molecule has 1 saturated heterocycles. The molecule has 2 aliphatic heterocycles. The van der Waals surface area contributed by atoms with Gasteiger partial charge in [-0.1, -0.05) is 36.4 Å². The van der Waals surface area contributed by atoms with Crippen LogP contribution in [0.3, 0.4) is 0 Å². The van der Waals surface area contributed by atoms with Gasteiger partial charge in [0.25, 0.3) is 0 Å². The standard InChI is InChI=1S/C23H22N2O3/c1-24-14-16(17-7-3-5-10-20(17)24)13-21(26)25-12-6-11-23(15-25)19-9-4-2-8-18(19)22(27)28-23/h2-5,7-10,14H,6,11-13,15H2,1H3. The Morgan fingerprint density at radius 2 is 1.93 bits per heavy atom. The zero-order valence-electron chi connectivity index (χ0n) is 15.9. The first-order chi connectivity index (χ1) is 13.6. The van der Waals surface area contributed by atoms with Gasteiger partial charge < -0.3 is 14.2 Å². The number of esters is 1. The van der Waals surface area contributed by atoms with E-state index in [4.69, 9.17) is 4.74 Å². The van der Waals surface area contributed by atoms with E-state index in [0.29, 0.717) is 25.1 Å². The predicted octanol–water partition coefficient (Wildman–Crippen LogP) is 3.41. The number of aryl methyl sites for hydroxylation is 1. The molecule has 0 aliphatic carbocycles. The summed E-state index contributed by atoms with van der Waals surface area (Å²) in [5.74, 6) is -0.199. The van der Waals surface area contributed by atoms with Crippen LogP contribution in [0.25, 0.3) is 10.9 Å². The van der Waals surface area contributed by atoms with E-state index in [9.17, 15) is 9.59 Å². The molecule has 2 aromatic carbocycles. The van der Waals surface area contributed by atoms with Gasteiger partial charge in [-0.15, -0.1) is 0 Å². The average molecular weight is 374 g/mol. The predicted molar refractivity (Wildman–Crippen MR) is 106 cm³/mol. The van der Waals surface area contributed by atoms with Crippen LogP contribution in [0.15, 0.2) is 54.7 Å². The highest BCUT2D eigenvalue weighted by molar-refractivity contribution is 5.95. The van der Waals surface area contributed by atoms with Crippen molar-refractivity contribution in [3.63, 3.8) is 0 Å². The number of rotatable bonds is 2. The van der Waals surface area contributed by atoms with Gasteiger partial charge in [-0.05, 0) is 30.5 Å². The Morgan fingerprint density at radius 1 is 1.14 bits per heavy atom. The van der Waals surface area contributed by atoms with Crippen LogP contribution in [0, 0.1) is 0 Å². The first-order valence-corrected chi connectivity index (χ1v) is 9.71. The molecule has 142 valence electrons. The summed E-state index contributed by atoms with van der Waals surface area (Å²) in [6, 6.07) is 15.7. The third kappa shape index (κ3) is 2.53. The van der Waals surface area contributed by atoms with Crippen LogP contribution in [-0.2, 0) is 28.6 Å². The van der Waals surface area contributed by atoms with Crippen LogP contribution in [0.1, 0.15) is 34.3 Å². The number of benzene rings is 2. The molecular formula is C23H22N2O3. The van der Waals surface area contributed by atoms with E-state index in [1.807, 2.05) is 54.5 Å². The van der Waals surface area contributed by atoms with E-state index in [2.05, 4.69) is 16.7 Å². The molecule has 5 rings (SSSR count). The number of carbonyl (C=O) groups excluding carboxylic acids is 2. The molecule has 1 spiro atoms. The zero-order chi connectivity index (χ0) is 19.3. The number of piperidine rings is 1. The van der Waals surface area contributed by atoms with Crippen LogP contribution in [-0.4, -0.2) is 34.4 Å². The second-order valence-electron chi connectivity index (χ2n) is 7.81. The van der Waals surface area contributed by atoms with E-state index in [0.717, 1.165) is 34.9 Å². The molecule has 1 atom stereocenters. The first-order valence-electron chi connectivity index (χ1n) is 9.71. The van der Waals surface area contributed by atoms with Gasteiger partial charge in [0, 0.05) is 36.3 Å². The molecular weight excluding hydrogens is 352 g/mol. The summed E-state index contributed by atoms with van der Waals surface area (Å²) >= 11 is 0. The van der Waals surface area contributed by atoms with Crippen molar-refractivity contribution in [2.45, 2.75) is 24.9 Å². The number of amides is 1. The molecule has 1 aromatic heterocycles. The van der Waals surface area contributed by atoms with Crippen molar-refractivity contribution in [1.82, 2.24) is 9.47 Å². The van der Waals surface area contributed by atoms with Gasteiger partial charge in [-0.2, -0.15) is 0 Å². The smallest absolute Gasteiger partial charge is 0.339 e. The number of hydrogen-bond donors (Lipinski definition) is 0. The molecule has 2 aliphatic rings. The van der Waals surface area contributed by atoms with Crippen molar-refractivity contribution in [2.24, 2.45) is 7.05 Å². The molecule has 5 nitrogen and oxygen atoms in total. The number of likely N-dealkylation sites (tertiary alicyclic amines) is 1. The Morgan fingerprint density at radius 3 is 2.82 bits per heavy atom. The largest absolute Gasteiger partial charge is 0.449 e. The van der Waals surface area contributed by atoms with Gasteiger partial charge in [0.2, 0.25) is 5.91 Å². The third-order valence-corrected chi connectivity index (χ3v) is 6.05. The third-order valence-electron chi connectivity index (χ3n) is 6.05. The zero-order valence-corrected chi connectivity index (χ0v) is 15.9. The van der Waals surface area contributed by atoms with Crippen molar-refractivity contribution >= 4 is 22.8 Å². The SMILES string of the molecule is Cn1cc(CC(=O)N2CCCC3(C2)OC(=O)c2ccccc23)c2ccccc21. The van der Waals surface area contributed by atoms with Gasteiger partial charge in [0.05, 0.1) is 18.5 Å². The number of carbonyl (C=O) groups is 2. The minimum atomic E-state index is -0.694. The summed E-state index contributed by atoms with van der Waals surface area (Å²) in [5.41, 5.74) is 3.01. The minimum Gasteiger partial charge on any atom is -0.449 e. The summed E-state index contributed by atoms with van der Waals surface area (Å²) < 4.78 is 7.89. The van der Waals surface area contributed by atoms with Gasteiger partial charge >= 0.3 is 5.97 Å². The van der Waals surface area contributed by atoms with E-state index < -0.39 is 5.60 Å². The summed E-state index contributed by atoms with van der Waals surface area (Å²) in [6.07, 6.45) is 3.97. The average Bonchev–Trinajstić information content (AvgIpc) is 3.17. The van der Waals surface area contributed by atoms with Crippen molar-refractivity contribution < 1.29 is 14.3 Å². The fourth-order valence-corrected chi connectivity index (χ4v) is 4.72. The number of nitrogens with zero attached hydrogens (tertiary/aromatic N) is 2. The van der Waals surface area contributed by atoms with Crippen LogP contribution in [0.2, 0.25) is 0 Å². The molecule has 0 N–H and O–H groups in total. The lowest BCUT2D eigenvalue weighted by molar-refractivity contribution is -0.138. The highest BCUT2D eigenvalue weighted by Gasteiger charge is 2.48. The number of aromatic nitrogens is 1. The Labute approximate surface area is 163 Å². The highest BCUT2D eigenvalue weighted by atomic mass is 16.6. The fraction of sp³-hybridized carbons (Fsp3) is 0.304. The molecule has 5 heteroatoms. The van der Waals surface area contributed by atoms with Crippen molar-refractivity contribution in [3.8, 4) is 0 Å². The normalized spacial score (nSPS) is 21.2. The molecule has 0 bridgehead atoms. The van der Waals surface area contributed by atoms with Crippen LogP contribution in [0.5, 0.6) is 0 Å². The van der Waals surface area contributed by atoms with E-state index in [1.54, 1.807) is 0 Å². The monoisotopic (exact) mass is 374 g/mol. The second-order valence-corrected chi connectivity index (χ2v) is 7.81. The van der Waals surface area contributed by atoms with E-state index in [-0.39, 0.29) is 11.9 Å².